The highest BCUT2D eigenvalue weighted by Gasteiger charge is 2.55. The second-order valence-electron chi connectivity index (χ2n) is 2.65. The zero-order chi connectivity index (χ0) is 8.54. The third-order valence-corrected chi connectivity index (χ3v) is 1.97. The van der Waals surface area contributed by atoms with E-state index in [1.165, 1.54) is 0 Å². The minimum Gasteiger partial charge on any atom is -0.315 e. The summed E-state index contributed by atoms with van der Waals surface area (Å²) in [5, 5.41) is 2.61. The molecule has 1 saturated heterocycles. The Morgan fingerprint density at radius 1 is 1.42 bits per heavy atom. The fraction of sp³-hybridized carbons (Fsp3) is 0.714. The molecule has 1 heterocycles. The first-order valence-electron chi connectivity index (χ1n) is 3.27. The Balaban J connectivity index is 0.00000121. The van der Waals surface area contributed by atoms with Gasteiger partial charge in [0.1, 0.15) is 5.41 Å². The first-order valence-corrected chi connectivity index (χ1v) is 3.27. The molecule has 70 valence electrons. The van der Waals surface area contributed by atoms with Gasteiger partial charge in [-0.3, -0.25) is 0 Å². The van der Waals surface area contributed by atoms with Crippen LogP contribution in [0.1, 0.15) is 6.42 Å². The molecule has 0 aromatic carbocycles. The van der Waals surface area contributed by atoms with Crippen LogP contribution in [-0.4, -0.2) is 19.3 Å². The van der Waals surface area contributed by atoms with Gasteiger partial charge in [-0.2, -0.15) is 13.2 Å². The normalized spacial score (nSPS) is 29.2. The molecule has 0 amide bonds. The molecule has 1 fully saturated rings. The lowest BCUT2D eigenvalue weighted by Gasteiger charge is -2.24. The van der Waals surface area contributed by atoms with Gasteiger partial charge in [-0.05, 0) is 13.0 Å². The lowest BCUT2D eigenvalue weighted by molar-refractivity contribution is -0.195. The van der Waals surface area contributed by atoms with Crippen molar-refractivity contribution in [3.63, 3.8) is 0 Å². The molecular formula is C7H9ClF3N. The Morgan fingerprint density at radius 2 is 2.00 bits per heavy atom. The van der Waals surface area contributed by atoms with E-state index >= 15 is 0 Å². The van der Waals surface area contributed by atoms with Crippen molar-refractivity contribution in [1.29, 1.82) is 0 Å². The smallest absolute Gasteiger partial charge is 0.315 e. The average Bonchev–Trinajstić information content (AvgIpc) is 2.33. The van der Waals surface area contributed by atoms with Crippen molar-refractivity contribution in [3.8, 4) is 12.3 Å². The molecule has 0 aromatic heterocycles. The largest absolute Gasteiger partial charge is 0.406 e. The number of hydrogen-bond donors (Lipinski definition) is 1. The molecule has 1 unspecified atom stereocenters. The van der Waals surface area contributed by atoms with E-state index in [1.54, 1.807) is 0 Å². The maximum absolute atomic E-state index is 12.2. The van der Waals surface area contributed by atoms with Gasteiger partial charge in [0.2, 0.25) is 0 Å². The van der Waals surface area contributed by atoms with E-state index < -0.39 is 11.6 Å². The second-order valence-corrected chi connectivity index (χ2v) is 2.65. The lowest BCUT2D eigenvalue weighted by atomic mass is 9.88. The quantitative estimate of drug-likeness (QED) is 0.585. The molecule has 0 saturated carbocycles. The molecule has 12 heavy (non-hydrogen) atoms. The molecule has 1 rings (SSSR count). The van der Waals surface area contributed by atoms with Crippen LogP contribution in [0.5, 0.6) is 0 Å². The molecule has 1 aliphatic rings. The molecule has 1 aliphatic heterocycles. The van der Waals surface area contributed by atoms with E-state index in [2.05, 4.69) is 5.32 Å². The second kappa shape index (κ2) is 3.55. The van der Waals surface area contributed by atoms with Crippen molar-refractivity contribution in [3.05, 3.63) is 0 Å². The van der Waals surface area contributed by atoms with Crippen LogP contribution in [0.15, 0.2) is 0 Å². The first kappa shape index (κ1) is 11.6. The number of hydrogen-bond acceptors (Lipinski definition) is 1. The summed E-state index contributed by atoms with van der Waals surface area (Å²) < 4.78 is 36.7. The summed E-state index contributed by atoms with van der Waals surface area (Å²) in [4.78, 5) is 0. The van der Waals surface area contributed by atoms with Gasteiger partial charge < -0.3 is 5.32 Å². The van der Waals surface area contributed by atoms with Gasteiger partial charge in [0.05, 0.1) is 0 Å². The molecule has 0 bridgehead atoms. The maximum atomic E-state index is 12.2. The Bertz CT molecular complexity index is 188. The summed E-state index contributed by atoms with van der Waals surface area (Å²) in [6.07, 6.45) is 0.565. The summed E-state index contributed by atoms with van der Waals surface area (Å²) in [6, 6.07) is 0. The van der Waals surface area contributed by atoms with Crippen LogP contribution in [0.3, 0.4) is 0 Å². The zero-order valence-electron chi connectivity index (χ0n) is 6.24. The number of rotatable bonds is 0. The van der Waals surface area contributed by atoms with E-state index in [9.17, 15) is 13.2 Å². The highest BCUT2D eigenvalue weighted by molar-refractivity contribution is 5.85. The van der Waals surface area contributed by atoms with Crippen LogP contribution in [0, 0.1) is 17.8 Å². The van der Waals surface area contributed by atoms with E-state index in [0.29, 0.717) is 6.54 Å². The average molecular weight is 200 g/mol. The minimum absolute atomic E-state index is 0. The lowest BCUT2D eigenvalue weighted by Crippen LogP contribution is -2.38. The third kappa shape index (κ3) is 1.67. The molecular weight excluding hydrogens is 191 g/mol. The molecule has 1 atom stereocenters. The summed E-state index contributed by atoms with van der Waals surface area (Å²) in [6.45, 7) is 0.205. The summed E-state index contributed by atoms with van der Waals surface area (Å²) in [5.74, 6) is 1.83. The van der Waals surface area contributed by atoms with Crippen molar-refractivity contribution >= 4 is 12.4 Å². The van der Waals surface area contributed by atoms with Crippen LogP contribution in [0.25, 0.3) is 0 Å². The molecule has 1 N–H and O–H groups in total. The van der Waals surface area contributed by atoms with Crippen LogP contribution >= 0.6 is 12.4 Å². The Morgan fingerprint density at radius 3 is 2.17 bits per heavy atom. The van der Waals surface area contributed by atoms with Crippen LogP contribution in [-0.2, 0) is 0 Å². The maximum Gasteiger partial charge on any atom is 0.406 e. The van der Waals surface area contributed by atoms with E-state index in [4.69, 9.17) is 6.42 Å². The van der Waals surface area contributed by atoms with E-state index in [-0.39, 0.29) is 25.4 Å². The fourth-order valence-corrected chi connectivity index (χ4v) is 1.14. The Labute approximate surface area is 75.1 Å². The van der Waals surface area contributed by atoms with Crippen molar-refractivity contribution in [2.45, 2.75) is 12.6 Å². The Kier molecular flexibility index (Phi) is 3.43. The molecule has 5 heteroatoms. The van der Waals surface area contributed by atoms with Crippen molar-refractivity contribution in [2.75, 3.05) is 13.1 Å². The number of terminal acetylenes is 1. The zero-order valence-corrected chi connectivity index (χ0v) is 7.06. The first-order chi connectivity index (χ1) is 5.02. The van der Waals surface area contributed by atoms with Gasteiger partial charge in [-0.1, -0.05) is 5.92 Å². The summed E-state index contributed by atoms with van der Waals surface area (Å²) in [7, 11) is 0. The molecule has 1 nitrogen and oxygen atoms in total. The highest BCUT2D eigenvalue weighted by atomic mass is 35.5. The van der Waals surface area contributed by atoms with Crippen LogP contribution in [0.4, 0.5) is 13.2 Å². The van der Waals surface area contributed by atoms with E-state index in [1.807, 2.05) is 5.92 Å². The summed E-state index contributed by atoms with van der Waals surface area (Å²) in [5.41, 5.74) is -1.91. The third-order valence-electron chi connectivity index (χ3n) is 1.97. The van der Waals surface area contributed by atoms with Crippen molar-refractivity contribution < 1.29 is 13.2 Å². The van der Waals surface area contributed by atoms with Gasteiger partial charge >= 0.3 is 6.18 Å². The van der Waals surface area contributed by atoms with Gasteiger partial charge in [0.25, 0.3) is 0 Å². The van der Waals surface area contributed by atoms with Gasteiger partial charge in [0.15, 0.2) is 0 Å². The standard InChI is InChI=1S/C7H8F3N.ClH/c1-2-6(7(8,9)10)3-4-11-5-6;/h1,11H,3-5H2;1H. The molecule has 0 aromatic rings. The highest BCUT2D eigenvalue weighted by Crippen LogP contribution is 2.41. The predicted octanol–water partition coefficient (Wildman–Crippen LogP) is 1.58. The van der Waals surface area contributed by atoms with Gasteiger partial charge in [-0.15, -0.1) is 18.8 Å². The minimum atomic E-state index is -4.27. The molecule has 0 radical (unpaired) electrons. The Hall–Kier alpha value is -0.400. The van der Waals surface area contributed by atoms with Gasteiger partial charge in [0, 0.05) is 6.54 Å². The SMILES string of the molecule is C#CC1(C(F)(F)F)CCNC1.Cl. The molecule has 0 aliphatic carbocycles. The monoisotopic (exact) mass is 199 g/mol. The van der Waals surface area contributed by atoms with Crippen molar-refractivity contribution in [2.24, 2.45) is 5.41 Å². The molecule has 0 spiro atoms. The number of alkyl halides is 3. The van der Waals surface area contributed by atoms with Crippen LogP contribution in [0.2, 0.25) is 0 Å². The van der Waals surface area contributed by atoms with Gasteiger partial charge in [-0.25, -0.2) is 0 Å². The van der Waals surface area contributed by atoms with Crippen LogP contribution < -0.4 is 5.32 Å². The number of nitrogens with one attached hydrogen (secondary N) is 1. The topological polar surface area (TPSA) is 12.0 Å². The van der Waals surface area contributed by atoms with E-state index in [0.717, 1.165) is 0 Å². The predicted molar refractivity (Wildman–Crippen MR) is 42.1 cm³/mol. The van der Waals surface area contributed by atoms with Crippen molar-refractivity contribution in [1.82, 2.24) is 5.32 Å². The summed E-state index contributed by atoms with van der Waals surface area (Å²) >= 11 is 0. The fourth-order valence-electron chi connectivity index (χ4n) is 1.14. The number of halogens is 4.